The first-order valence-corrected chi connectivity index (χ1v) is 5.50. The highest BCUT2D eigenvalue weighted by molar-refractivity contribution is 7.87. The van der Waals surface area contributed by atoms with Crippen molar-refractivity contribution in [2.45, 2.75) is 11.4 Å². The molecule has 0 amide bonds. The van der Waals surface area contributed by atoms with E-state index in [0.717, 1.165) is 0 Å². The number of benzene rings is 1. The van der Waals surface area contributed by atoms with Crippen LogP contribution < -0.4 is 4.74 Å². The molecule has 0 spiro atoms. The Morgan fingerprint density at radius 3 is 1.83 bits per heavy atom. The zero-order valence-electron chi connectivity index (χ0n) is 8.21. The van der Waals surface area contributed by atoms with E-state index in [4.69, 9.17) is 0 Å². The van der Waals surface area contributed by atoms with Crippen molar-refractivity contribution >= 4 is 10.2 Å². The monoisotopic (exact) mass is 294 g/mol. The summed E-state index contributed by atoms with van der Waals surface area (Å²) in [6, 6.07) is 2.30. The fourth-order valence-corrected chi connectivity index (χ4v) is 1.18. The maximum absolute atomic E-state index is 12.8. The second-order valence-electron chi connectivity index (χ2n) is 3.03. The standard InChI is InChI=1S/C8H4F6O3S/c9-5-1-3-6(4-2-5)17-7(10,11)8(12,13)18(14,15)16/h1-4H. The molecule has 0 saturated carbocycles. The third-order valence-electron chi connectivity index (χ3n) is 1.70. The quantitative estimate of drug-likeness (QED) is 0.633. The zero-order valence-corrected chi connectivity index (χ0v) is 9.03. The van der Waals surface area contributed by atoms with E-state index in [0.29, 0.717) is 24.3 Å². The molecule has 0 aliphatic rings. The van der Waals surface area contributed by atoms with Gasteiger partial charge in [0.05, 0.1) is 0 Å². The van der Waals surface area contributed by atoms with Crippen molar-refractivity contribution in [1.82, 2.24) is 0 Å². The van der Waals surface area contributed by atoms with Crippen LogP contribution in [0, 0.1) is 5.82 Å². The van der Waals surface area contributed by atoms with Crippen molar-refractivity contribution < 1.29 is 39.0 Å². The Labute approximate surface area is 97.2 Å². The lowest BCUT2D eigenvalue weighted by Crippen LogP contribution is -2.49. The molecule has 0 fully saturated rings. The van der Waals surface area contributed by atoms with E-state index >= 15 is 0 Å². The van der Waals surface area contributed by atoms with Gasteiger partial charge in [0.1, 0.15) is 11.6 Å². The van der Waals surface area contributed by atoms with E-state index in [1.54, 1.807) is 0 Å². The summed E-state index contributed by atoms with van der Waals surface area (Å²) in [5.74, 6) is -1.82. The molecular weight excluding hydrogens is 290 g/mol. The van der Waals surface area contributed by atoms with Gasteiger partial charge in [-0.1, -0.05) is 3.89 Å². The van der Waals surface area contributed by atoms with Gasteiger partial charge in [-0.2, -0.15) is 26.0 Å². The number of rotatable bonds is 4. The minimum absolute atomic E-state index is 0.546. The maximum atomic E-state index is 12.8. The van der Waals surface area contributed by atoms with E-state index in [2.05, 4.69) is 4.74 Å². The summed E-state index contributed by atoms with van der Waals surface area (Å²) >= 11 is 0. The highest BCUT2D eigenvalue weighted by Gasteiger charge is 2.70. The molecule has 0 N–H and O–H groups in total. The van der Waals surface area contributed by atoms with Crippen LogP contribution in [-0.2, 0) is 10.2 Å². The summed E-state index contributed by atoms with van der Waals surface area (Å²) in [6.07, 6.45) is -5.64. The summed E-state index contributed by atoms with van der Waals surface area (Å²) < 4.78 is 98.3. The van der Waals surface area contributed by atoms with E-state index in [9.17, 15) is 34.3 Å². The Kier molecular flexibility index (Phi) is 3.52. The maximum Gasteiger partial charge on any atom is 0.483 e. The van der Waals surface area contributed by atoms with Crippen LogP contribution in [0.3, 0.4) is 0 Å². The summed E-state index contributed by atoms with van der Waals surface area (Å²) in [4.78, 5) is 0. The molecule has 0 aliphatic carbocycles. The summed E-state index contributed by atoms with van der Waals surface area (Å²) in [5, 5.41) is -6.06. The average Bonchev–Trinajstić information content (AvgIpc) is 2.19. The molecule has 0 heterocycles. The first-order chi connectivity index (χ1) is 7.97. The van der Waals surface area contributed by atoms with Gasteiger partial charge in [-0.05, 0) is 24.3 Å². The second-order valence-corrected chi connectivity index (χ2v) is 4.42. The number of ether oxygens (including phenoxy) is 1. The fraction of sp³-hybridized carbons (Fsp3) is 0.250. The largest absolute Gasteiger partial charge is 0.483 e. The van der Waals surface area contributed by atoms with Gasteiger partial charge in [-0.3, -0.25) is 0 Å². The third-order valence-corrected chi connectivity index (χ3v) is 2.55. The molecule has 0 saturated heterocycles. The Morgan fingerprint density at radius 1 is 1.00 bits per heavy atom. The lowest BCUT2D eigenvalue weighted by Gasteiger charge is -2.23. The van der Waals surface area contributed by atoms with Gasteiger partial charge in [0, 0.05) is 0 Å². The van der Waals surface area contributed by atoms with Crippen molar-refractivity contribution in [2.75, 3.05) is 0 Å². The predicted molar refractivity (Wildman–Crippen MR) is 46.9 cm³/mol. The first-order valence-electron chi connectivity index (χ1n) is 4.12. The number of halogens is 6. The third kappa shape index (κ3) is 2.68. The van der Waals surface area contributed by atoms with Crippen LogP contribution in [0.15, 0.2) is 24.3 Å². The summed E-state index contributed by atoms with van der Waals surface area (Å²) in [6.45, 7) is 0. The minimum Gasteiger partial charge on any atom is -0.427 e. The minimum atomic E-state index is -6.87. The summed E-state index contributed by atoms with van der Waals surface area (Å²) in [7, 11) is -6.87. The first kappa shape index (κ1) is 14.6. The molecule has 3 nitrogen and oxygen atoms in total. The highest BCUT2D eigenvalue weighted by Crippen LogP contribution is 2.41. The molecular formula is C8H4F6O3S. The lowest BCUT2D eigenvalue weighted by molar-refractivity contribution is -0.273. The molecule has 18 heavy (non-hydrogen) atoms. The van der Waals surface area contributed by atoms with E-state index < -0.39 is 33.2 Å². The molecule has 1 aromatic rings. The molecule has 1 rings (SSSR count). The van der Waals surface area contributed by atoms with Crippen LogP contribution in [0.1, 0.15) is 0 Å². The smallest absolute Gasteiger partial charge is 0.427 e. The number of alkyl halides is 4. The van der Waals surface area contributed by atoms with E-state index in [-0.39, 0.29) is 0 Å². The van der Waals surface area contributed by atoms with Crippen LogP contribution >= 0.6 is 0 Å². The van der Waals surface area contributed by atoms with Crippen molar-refractivity contribution in [3.8, 4) is 5.75 Å². The van der Waals surface area contributed by atoms with Crippen LogP contribution in [0.25, 0.3) is 0 Å². The van der Waals surface area contributed by atoms with Gasteiger partial charge >= 0.3 is 21.6 Å². The van der Waals surface area contributed by atoms with Gasteiger partial charge in [0.15, 0.2) is 0 Å². The normalized spacial score (nSPS) is 13.4. The Balaban J connectivity index is 3.05. The average molecular weight is 294 g/mol. The van der Waals surface area contributed by atoms with Gasteiger partial charge in [-0.25, -0.2) is 4.39 Å². The number of hydrogen-bond donors (Lipinski definition) is 0. The van der Waals surface area contributed by atoms with Crippen LogP contribution in [0.5, 0.6) is 5.75 Å². The van der Waals surface area contributed by atoms with Crippen molar-refractivity contribution in [3.63, 3.8) is 0 Å². The van der Waals surface area contributed by atoms with Crippen molar-refractivity contribution in [2.24, 2.45) is 0 Å². The molecule has 0 radical (unpaired) electrons. The Morgan fingerprint density at radius 2 is 1.44 bits per heavy atom. The van der Waals surface area contributed by atoms with Crippen molar-refractivity contribution in [1.29, 1.82) is 0 Å². The molecule has 0 aromatic heterocycles. The van der Waals surface area contributed by atoms with E-state index in [1.165, 1.54) is 0 Å². The molecule has 1 aromatic carbocycles. The second kappa shape index (κ2) is 4.34. The van der Waals surface area contributed by atoms with Crippen LogP contribution in [-0.4, -0.2) is 19.8 Å². The van der Waals surface area contributed by atoms with Gasteiger partial charge in [0.2, 0.25) is 0 Å². The van der Waals surface area contributed by atoms with Gasteiger partial charge < -0.3 is 4.74 Å². The van der Waals surface area contributed by atoms with Crippen LogP contribution in [0.4, 0.5) is 25.8 Å². The van der Waals surface area contributed by atoms with Crippen LogP contribution in [0.2, 0.25) is 0 Å². The summed E-state index contributed by atoms with van der Waals surface area (Å²) in [5.41, 5.74) is 0. The topological polar surface area (TPSA) is 43.4 Å². The zero-order chi connectivity index (χ0) is 14.2. The predicted octanol–water partition coefficient (Wildman–Crippen LogP) is 2.69. The molecule has 0 atom stereocenters. The molecule has 0 aliphatic heterocycles. The fourth-order valence-electron chi connectivity index (χ4n) is 0.852. The lowest BCUT2D eigenvalue weighted by atomic mass is 10.3. The Bertz CT molecular complexity index is 524. The molecule has 0 bridgehead atoms. The highest BCUT2D eigenvalue weighted by atomic mass is 32.3. The van der Waals surface area contributed by atoms with Gasteiger partial charge in [-0.15, -0.1) is 0 Å². The Hall–Kier alpha value is -1.45. The van der Waals surface area contributed by atoms with Gasteiger partial charge in [0.25, 0.3) is 0 Å². The molecule has 0 unspecified atom stereocenters. The molecule has 102 valence electrons. The SMILES string of the molecule is O=S(=O)(F)C(F)(F)C(F)(F)Oc1ccc(F)cc1. The van der Waals surface area contributed by atoms with E-state index in [1.807, 2.05) is 0 Å². The molecule has 10 heteroatoms. The van der Waals surface area contributed by atoms with Crippen molar-refractivity contribution in [3.05, 3.63) is 30.1 Å². The number of hydrogen-bond acceptors (Lipinski definition) is 3.